The van der Waals surface area contributed by atoms with E-state index < -0.39 is 53.5 Å². The number of nitrogens with zero attached hydrogens (tertiary/aromatic N) is 1. The molecule has 9 nitrogen and oxygen atoms in total. The maximum Gasteiger partial charge on any atom is 0.315 e. The van der Waals surface area contributed by atoms with Crippen LogP contribution in [0.2, 0.25) is 0 Å². The van der Waals surface area contributed by atoms with E-state index in [1.807, 2.05) is 30.3 Å². The molecule has 4 rings (SSSR count). The number of carbonyl (C=O) groups excluding carboxylic acids is 3. The number of fused-ring (bicyclic) bond motifs is 1. The predicted molar refractivity (Wildman–Crippen MR) is 115 cm³/mol. The van der Waals surface area contributed by atoms with Gasteiger partial charge >= 0.3 is 11.9 Å². The molecule has 0 saturated carbocycles. The van der Waals surface area contributed by atoms with E-state index in [-0.39, 0.29) is 18.8 Å². The van der Waals surface area contributed by atoms with Crippen molar-refractivity contribution in [3.63, 3.8) is 0 Å². The van der Waals surface area contributed by atoms with E-state index in [2.05, 4.69) is 4.99 Å². The van der Waals surface area contributed by atoms with Crippen LogP contribution in [0.25, 0.3) is 0 Å². The topological polar surface area (TPSA) is 121 Å². The predicted octanol–water partition coefficient (Wildman–Crippen LogP) is 1.34. The summed E-state index contributed by atoms with van der Waals surface area (Å²) < 4.78 is 21.6. The molecule has 1 aromatic rings. The lowest BCUT2D eigenvalue weighted by atomic mass is 9.71. The number of ketones is 1. The third kappa shape index (κ3) is 3.90. The smallest absolute Gasteiger partial charge is 0.315 e. The Balaban J connectivity index is 1.76. The SMILES string of the molecule is COC(=O)C1C(C)=NC(C)=C(C(=O)[C@@]2(O)CO[C@@H]3[C@@H](OC(C)=O)CO[C@@H]32)C1c1ccccc1. The van der Waals surface area contributed by atoms with Crippen molar-refractivity contribution in [3.05, 3.63) is 47.2 Å². The zero-order valence-electron chi connectivity index (χ0n) is 18.9. The van der Waals surface area contributed by atoms with Gasteiger partial charge in [0.15, 0.2) is 17.5 Å². The molecule has 2 saturated heterocycles. The first-order valence-electron chi connectivity index (χ1n) is 10.8. The maximum atomic E-state index is 14.0. The van der Waals surface area contributed by atoms with Crippen LogP contribution in [0, 0.1) is 5.92 Å². The van der Waals surface area contributed by atoms with E-state index in [1.165, 1.54) is 14.0 Å². The number of rotatable bonds is 5. The van der Waals surface area contributed by atoms with Crippen LogP contribution >= 0.6 is 0 Å². The second-order valence-corrected chi connectivity index (χ2v) is 8.57. The average molecular weight is 457 g/mol. The van der Waals surface area contributed by atoms with Crippen molar-refractivity contribution in [1.29, 1.82) is 0 Å². The summed E-state index contributed by atoms with van der Waals surface area (Å²) in [5, 5.41) is 11.5. The van der Waals surface area contributed by atoms with Crippen LogP contribution in [0.5, 0.6) is 0 Å². The molecular weight excluding hydrogens is 430 g/mol. The van der Waals surface area contributed by atoms with Gasteiger partial charge in [-0.1, -0.05) is 30.3 Å². The molecule has 1 aromatic carbocycles. The van der Waals surface area contributed by atoms with Crippen LogP contribution in [0.4, 0.5) is 0 Å². The normalized spacial score (nSPS) is 33.4. The van der Waals surface area contributed by atoms with Gasteiger partial charge in [-0.15, -0.1) is 0 Å². The molecule has 3 aliphatic heterocycles. The first kappa shape index (κ1) is 23.3. The zero-order valence-corrected chi connectivity index (χ0v) is 18.9. The summed E-state index contributed by atoms with van der Waals surface area (Å²) in [7, 11) is 1.29. The Morgan fingerprint density at radius 3 is 2.48 bits per heavy atom. The molecule has 33 heavy (non-hydrogen) atoms. The number of Topliss-reactive ketones (excluding diaryl/α,β-unsaturated/α-hetero) is 1. The van der Waals surface area contributed by atoms with Gasteiger partial charge in [-0.25, -0.2) is 0 Å². The molecule has 3 heterocycles. The largest absolute Gasteiger partial charge is 0.468 e. The molecule has 0 spiro atoms. The van der Waals surface area contributed by atoms with Gasteiger partial charge in [0, 0.05) is 29.8 Å². The van der Waals surface area contributed by atoms with Gasteiger partial charge in [-0.3, -0.25) is 19.4 Å². The third-order valence-electron chi connectivity index (χ3n) is 6.47. The summed E-state index contributed by atoms with van der Waals surface area (Å²) in [6.45, 7) is 4.34. The number of ether oxygens (including phenoxy) is 4. The lowest BCUT2D eigenvalue weighted by molar-refractivity contribution is -0.153. The Hall–Kier alpha value is -2.88. The first-order valence-corrected chi connectivity index (χ1v) is 10.8. The van der Waals surface area contributed by atoms with E-state index in [1.54, 1.807) is 13.8 Å². The summed E-state index contributed by atoms with van der Waals surface area (Å²) in [6.07, 6.45) is -2.51. The fourth-order valence-electron chi connectivity index (χ4n) is 5.02. The highest BCUT2D eigenvalue weighted by atomic mass is 16.6. The molecule has 0 amide bonds. The number of esters is 2. The van der Waals surface area contributed by atoms with Crippen molar-refractivity contribution < 1.29 is 38.4 Å². The molecule has 9 heteroatoms. The number of aliphatic imine (C=N–C) groups is 1. The number of hydrogen-bond acceptors (Lipinski definition) is 9. The second kappa shape index (κ2) is 8.81. The molecule has 176 valence electrons. The second-order valence-electron chi connectivity index (χ2n) is 8.57. The highest BCUT2D eigenvalue weighted by Crippen LogP contribution is 2.45. The quantitative estimate of drug-likeness (QED) is 0.658. The maximum absolute atomic E-state index is 14.0. The van der Waals surface area contributed by atoms with Crippen molar-refractivity contribution in [2.75, 3.05) is 20.3 Å². The van der Waals surface area contributed by atoms with E-state index in [9.17, 15) is 19.5 Å². The van der Waals surface area contributed by atoms with Crippen molar-refractivity contribution in [2.45, 2.75) is 50.6 Å². The number of carbonyl (C=O) groups is 3. The van der Waals surface area contributed by atoms with Crippen molar-refractivity contribution >= 4 is 23.4 Å². The first-order chi connectivity index (χ1) is 15.7. The molecule has 0 bridgehead atoms. The molecule has 6 atom stereocenters. The monoisotopic (exact) mass is 457 g/mol. The minimum atomic E-state index is -2.02. The van der Waals surface area contributed by atoms with Crippen LogP contribution in [0.15, 0.2) is 46.6 Å². The molecule has 3 aliphatic rings. The van der Waals surface area contributed by atoms with Gasteiger partial charge < -0.3 is 24.1 Å². The average Bonchev–Trinajstić information content (AvgIpc) is 3.34. The highest BCUT2D eigenvalue weighted by Gasteiger charge is 2.62. The van der Waals surface area contributed by atoms with Crippen LogP contribution in [-0.2, 0) is 33.3 Å². The van der Waals surface area contributed by atoms with Crippen LogP contribution in [-0.4, -0.2) is 72.8 Å². The molecule has 2 fully saturated rings. The minimum absolute atomic E-state index is 0.00664. The van der Waals surface area contributed by atoms with Crippen LogP contribution < -0.4 is 0 Å². The summed E-state index contributed by atoms with van der Waals surface area (Å²) >= 11 is 0. The van der Waals surface area contributed by atoms with Crippen molar-refractivity contribution in [2.24, 2.45) is 10.9 Å². The summed E-state index contributed by atoms with van der Waals surface area (Å²) in [4.78, 5) is 42.6. The van der Waals surface area contributed by atoms with E-state index in [0.717, 1.165) is 0 Å². The standard InChI is InChI=1S/C24H27NO8/c1-12-17(19(15-8-6-5-7-9-15)18(13(2)25-12)23(28)30-4)21(27)24(29)11-32-20-16(33-14(3)26)10-31-22(20)24/h5-9,16,18-20,22,29H,10-11H2,1-4H3/t16-,18?,19?,20+,22-,24-/m0/s1. The molecule has 0 radical (unpaired) electrons. The summed E-state index contributed by atoms with van der Waals surface area (Å²) in [5.41, 5.74) is -0.185. The van der Waals surface area contributed by atoms with E-state index >= 15 is 0 Å². The van der Waals surface area contributed by atoms with Gasteiger partial charge in [0.1, 0.15) is 18.1 Å². The Kier molecular flexibility index (Phi) is 6.22. The fraction of sp³-hybridized carbons (Fsp3) is 0.500. The van der Waals surface area contributed by atoms with Gasteiger partial charge in [0.25, 0.3) is 0 Å². The Morgan fingerprint density at radius 2 is 1.85 bits per heavy atom. The lowest BCUT2D eigenvalue weighted by Gasteiger charge is -2.35. The van der Waals surface area contributed by atoms with Crippen LogP contribution in [0.1, 0.15) is 32.3 Å². The molecule has 0 aliphatic carbocycles. The van der Waals surface area contributed by atoms with Gasteiger partial charge in [0.2, 0.25) is 0 Å². The van der Waals surface area contributed by atoms with Gasteiger partial charge in [-0.05, 0) is 19.4 Å². The van der Waals surface area contributed by atoms with Gasteiger partial charge in [0.05, 0.1) is 20.3 Å². The Morgan fingerprint density at radius 1 is 1.15 bits per heavy atom. The Labute approximate surface area is 191 Å². The molecule has 1 N–H and O–H groups in total. The number of hydrogen-bond donors (Lipinski definition) is 1. The van der Waals surface area contributed by atoms with Crippen molar-refractivity contribution in [3.8, 4) is 0 Å². The van der Waals surface area contributed by atoms with E-state index in [0.29, 0.717) is 17.0 Å². The highest BCUT2D eigenvalue weighted by molar-refractivity contribution is 6.11. The summed E-state index contributed by atoms with van der Waals surface area (Å²) in [6, 6.07) is 9.11. The minimum Gasteiger partial charge on any atom is -0.468 e. The molecule has 0 aromatic heterocycles. The lowest BCUT2D eigenvalue weighted by Crippen LogP contribution is -2.53. The number of benzene rings is 1. The number of methoxy groups -OCH3 is 1. The van der Waals surface area contributed by atoms with Gasteiger partial charge in [-0.2, -0.15) is 0 Å². The third-order valence-corrected chi connectivity index (χ3v) is 6.47. The number of aliphatic hydroxyl groups is 1. The number of allylic oxidation sites excluding steroid dienone is 1. The van der Waals surface area contributed by atoms with Crippen LogP contribution in [0.3, 0.4) is 0 Å². The zero-order chi connectivity index (χ0) is 23.9. The van der Waals surface area contributed by atoms with Crippen molar-refractivity contribution in [1.82, 2.24) is 0 Å². The molecular formula is C24H27NO8. The Bertz CT molecular complexity index is 1030. The fourth-order valence-corrected chi connectivity index (χ4v) is 5.02. The molecule has 2 unspecified atom stereocenters. The summed E-state index contributed by atoms with van der Waals surface area (Å²) in [5.74, 6) is -3.20. The van der Waals surface area contributed by atoms with E-state index in [4.69, 9.17) is 18.9 Å².